The SMILES string of the molecule is COc1nc(N(C)C)ccc1-c1cc2c(C(=O)NOCCOC3CC3)c[nH]c2cc1Cl. The highest BCUT2D eigenvalue weighted by Crippen LogP contribution is 2.38. The molecule has 0 unspecified atom stereocenters. The van der Waals surface area contributed by atoms with E-state index in [-0.39, 0.29) is 5.91 Å². The predicted octanol–water partition coefficient (Wildman–Crippen LogP) is 3.80. The number of methoxy groups -OCH3 is 1. The number of carbonyl (C=O) groups excluding carboxylic acids is 1. The average Bonchev–Trinajstić information content (AvgIpc) is 3.50. The monoisotopic (exact) mass is 444 g/mol. The van der Waals surface area contributed by atoms with Crippen LogP contribution in [0.15, 0.2) is 30.5 Å². The third-order valence-electron chi connectivity index (χ3n) is 5.03. The first-order valence-electron chi connectivity index (χ1n) is 10.0. The number of halogens is 1. The van der Waals surface area contributed by atoms with Gasteiger partial charge in [-0.15, -0.1) is 0 Å². The van der Waals surface area contributed by atoms with Crippen LogP contribution in [0.4, 0.5) is 5.82 Å². The number of aromatic nitrogens is 2. The summed E-state index contributed by atoms with van der Waals surface area (Å²) >= 11 is 6.55. The molecule has 2 N–H and O–H groups in total. The van der Waals surface area contributed by atoms with Gasteiger partial charge in [0.2, 0.25) is 5.88 Å². The lowest BCUT2D eigenvalue weighted by Gasteiger charge is -2.15. The van der Waals surface area contributed by atoms with Gasteiger partial charge in [-0.3, -0.25) is 9.63 Å². The average molecular weight is 445 g/mol. The summed E-state index contributed by atoms with van der Waals surface area (Å²) in [6, 6.07) is 7.44. The van der Waals surface area contributed by atoms with E-state index < -0.39 is 0 Å². The summed E-state index contributed by atoms with van der Waals surface area (Å²) < 4.78 is 11.0. The van der Waals surface area contributed by atoms with Crippen molar-refractivity contribution in [1.82, 2.24) is 15.4 Å². The van der Waals surface area contributed by atoms with Gasteiger partial charge in [-0.25, -0.2) is 5.48 Å². The van der Waals surface area contributed by atoms with Crippen molar-refractivity contribution < 1.29 is 19.1 Å². The second-order valence-electron chi connectivity index (χ2n) is 7.55. The zero-order valence-corrected chi connectivity index (χ0v) is 18.5. The summed E-state index contributed by atoms with van der Waals surface area (Å²) in [4.78, 5) is 27.4. The van der Waals surface area contributed by atoms with E-state index in [2.05, 4.69) is 15.4 Å². The molecule has 1 amide bonds. The number of hydrogen-bond donors (Lipinski definition) is 2. The molecule has 2 heterocycles. The number of pyridine rings is 1. The van der Waals surface area contributed by atoms with Gasteiger partial charge in [0.15, 0.2) is 0 Å². The predicted molar refractivity (Wildman–Crippen MR) is 120 cm³/mol. The number of anilines is 1. The summed E-state index contributed by atoms with van der Waals surface area (Å²) in [5.41, 5.74) is 5.12. The van der Waals surface area contributed by atoms with E-state index in [1.54, 1.807) is 19.4 Å². The quantitative estimate of drug-likeness (QED) is 0.385. The van der Waals surface area contributed by atoms with Gasteiger partial charge in [0.05, 0.1) is 37.0 Å². The fourth-order valence-electron chi connectivity index (χ4n) is 3.24. The van der Waals surface area contributed by atoms with Crippen molar-refractivity contribution in [3.05, 3.63) is 41.0 Å². The summed E-state index contributed by atoms with van der Waals surface area (Å²) in [7, 11) is 5.38. The molecule has 164 valence electrons. The van der Waals surface area contributed by atoms with Crippen LogP contribution in [0.2, 0.25) is 5.02 Å². The lowest BCUT2D eigenvalue weighted by atomic mass is 10.0. The minimum absolute atomic E-state index is 0.294. The molecular weight excluding hydrogens is 420 g/mol. The smallest absolute Gasteiger partial charge is 0.277 e. The molecule has 4 rings (SSSR count). The van der Waals surface area contributed by atoms with E-state index in [1.807, 2.05) is 37.2 Å². The van der Waals surface area contributed by atoms with Gasteiger partial charge < -0.3 is 19.4 Å². The van der Waals surface area contributed by atoms with Gasteiger partial charge >= 0.3 is 0 Å². The van der Waals surface area contributed by atoms with Crippen molar-refractivity contribution in [2.75, 3.05) is 39.3 Å². The Hall–Kier alpha value is -2.81. The number of amides is 1. The summed E-state index contributed by atoms with van der Waals surface area (Å²) in [5, 5.41) is 1.24. The highest BCUT2D eigenvalue weighted by Gasteiger charge is 2.22. The minimum Gasteiger partial charge on any atom is -0.480 e. The molecule has 1 aromatic carbocycles. The van der Waals surface area contributed by atoms with Crippen molar-refractivity contribution in [2.24, 2.45) is 0 Å². The Morgan fingerprint density at radius 1 is 1.26 bits per heavy atom. The number of carbonyl (C=O) groups is 1. The zero-order valence-electron chi connectivity index (χ0n) is 17.7. The van der Waals surface area contributed by atoms with E-state index in [4.69, 9.17) is 25.9 Å². The Labute approximate surface area is 185 Å². The fraction of sp³-hybridized carbons (Fsp3) is 0.364. The molecule has 1 fully saturated rings. The second-order valence-corrected chi connectivity index (χ2v) is 7.96. The molecule has 0 bridgehead atoms. The number of fused-ring (bicyclic) bond motifs is 1. The van der Waals surface area contributed by atoms with Crippen LogP contribution in [-0.2, 0) is 9.57 Å². The van der Waals surface area contributed by atoms with Gasteiger partial charge in [0.25, 0.3) is 5.91 Å². The number of rotatable bonds is 9. The Balaban J connectivity index is 1.58. The minimum atomic E-state index is -0.348. The van der Waals surface area contributed by atoms with Crippen molar-refractivity contribution in [2.45, 2.75) is 18.9 Å². The Kier molecular flexibility index (Phi) is 6.31. The third kappa shape index (κ3) is 4.76. The molecule has 1 aliphatic rings. The molecular formula is C22H25ClN4O4. The van der Waals surface area contributed by atoms with Crippen LogP contribution in [0.1, 0.15) is 23.2 Å². The van der Waals surface area contributed by atoms with Gasteiger partial charge in [-0.1, -0.05) is 11.6 Å². The maximum Gasteiger partial charge on any atom is 0.277 e. The number of hydrogen-bond acceptors (Lipinski definition) is 6. The van der Waals surface area contributed by atoms with Gasteiger partial charge in [0, 0.05) is 42.3 Å². The lowest BCUT2D eigenvalue weighted by molar-refractivity contribution is -0.00409. The number of benzene rings is 1. The molecule has 1 saturated carbocycles. The highest BCUT2D eigenvalue weighted by atomic mass is 35.5. The first-order valence-corrected chi connectivity index (χ1v) is 10.4. The summed E-state index contributed by atoms with van der Waals surface area (Å²) in [6.07, 6.45) is 4.19. The maximum absolute atomic E-state index is 12.6. The Bertz CT molecular complexity index is 1090. The molecule has 0 spiro atoms. The van der Waals surface area contributed by atoms with Crippen LogP contribution in [0, 0.1) is 0 Å². The molecule has 31 heavy (non-hydrogen) atoms. The largest absolute Gasteiger partial charge is 0.480 e. The van der Waals surface area contributed by atoms with Crippen molar-refractivity contribution in [3.8, 4) is 17.0 Å². The van der Waals surface area contributed by atoms with Crippen molar-refractivity contribution in [1.29, 1.82) is 0 Å². The van der Waals surface area contributed by atoms with Crippen LogP contribution < -0.4 is 15.1 Å². The van der Waals surface area contributed by atoms with Gasteiger partial charge in [0.1, 0.15) is 5.82 Å². The normalized spacial score (nSPS) is 13.4. The molecule has 1 aliphatic carbocycles. The lowest BCUT2D eigenvalue weighted by Crippen LogP contribution is -2.25. The maximum atomic E-state index is 12.6. The highest BCUT2D eigenvalue weighted by molar-refractivity contribution is 6.34. The van der Waals surface area contributed by atoms with Crippen molar-refractivity contribution >= 4 is 34.2 Å². The van der Waals surface area contributed by atoms with Crippen LogP contribution in [0.5, 0.6) is 5.88 Å². The number of nitrogens with one attached hydrogen (secondary N) is 2. The molecule has 3 aromatic rings. The Morgan fingerprint density at radius 2 is 2.06 bits per heavy atom. The first kappa shape index (κ1) is 21.4. The Morgan fingerprint density at radius 3 is 2.77 bits per heavy atom. The van der Waals surface area contributed by atoms with Crippen LogP contribution in [0.3, 0.4) is 0 Å². The molecule has 8 nitrogen and oxygen atoms in total. The van der Waals surface area contributed by atoms with E-state index in [0.717, 1.165) is 35.3 Å². The van der Waals surface area contributed by atoms with Gasteiger partial charge in [-0.05, 0) is 37.1 Å². The van der Waals surface area contributed by atoms with Crippen molar-refractivity contribution in [3.63, 3.8) is 0 Å². The third-order valence-corrected chi connectivity index (χ3v) is 5.34. The number of H-pyrrole nitrogens is 1. The molecule has 9 heteroatoms. The fourth-order valence-corrected chi connectivity index (χ4v) is 3.51. The number of hydroxylamine groups is 1. The van der Waals surface area contributed by atoms with Gasteiger partial charge in [-0.2, -0.15) is 4.98 Å². The van der Waals surface area contributed by atoms with E-state index in [0.29, 0.717) is 41.2 Å². The van der Waals surface area contributed by atoms with E-state index >= 15 is 0 Å². The molecule has 0 atom stereocenters. The number of ether oxygens (including phenoxy) is 2. The number of nitrogens with zero attached hydrogens (tertiary/aromatic N) is 2. The molecule has 2 aromatic heterocycles. The zero-order chi connectivity index (χ0) is 22.0. The van der Waals surface area contributed by atoms with Crippen LogP contribution >= 0.6 is 11.6 Å². The summed E-state index contributed by atoms with van der Waals surface area (Å²) in [6.45, 7) is 0.747. The molecule has 0 radical (unpaired) electrons. The van der Waals surface area contributed by atoms with E-state index in [9.17, 15) is 4.79 Å². The topological polar surface area (TPSA) is 88.7 Å². The van der Waals surface area contributed by atoms with Crippen LogP contribution in [-0.4, -0.2) is 56.4 Å². The van der Waals surface area contributed by atoms with Crippen LogP contribution in [0.25, 0.3) is 22.0 Å². The molecule has 0 saturated heterocycles. The summed E-state index contributed by atoms with van der Waals surface area (Å²) in [5.74, 6) is 0.870. The first-order chi connectivity index (χ1) is 15.0. The molecule has 0 aliphatic heterocycles. The van der Waals surface area contributed by atoms with E-state index in [1.165, 1.54) is 0 Å². The standard InChI is InChI=1S/C22H25ClN4O4/c1-27(2)20-7-6-14(22(25-20)29-3)15-10-16-17(12-24-19(16)11-18(15)23)21(28)26-31-9-8-30-13-4-5-13/h6-7,10-13,24H,4-5,8-9H2,1-3H3,(H,26,28). The second kappa shape index (κ2) is 9.13. The number of aromatic amines is 1.